The Kier molecular flexibility index (Phi) is 6.39. The van der Waals surface area contributed by atoms with Crippen molar-refractivity contribution in [2.75, 3.05) is 18.5 Å². The molecule has 8 nitrogen and oxygen atoms in total. The Bertz CT molecular complexity index is 1110. The molecule has 1 atom stereocenters. The molecule has 1 aliphatic heterocycles. The summed E-state index contributed by atoms with van der Waals surface area (Å²) < 4.78 is 12.8. The molecule has 1 saturated heterocycles. The molecule has 2 heterocycles. The number of ether oxygens (including phenoxy) is 2. The number of nitrogens with one attached hydrogen (secondary N) is 2. The van der Waals surface area contributed by atoms with Crippen LogP contribution in [0.25, 0.3) is 11.0 Å². The highest BCUT2D eigenvalue weighted by Crippen LogP contribution is 2.23. The third kappa shape index (κ3) is 4.98. The first-order chi connectivity index (χ1) is 15.0. The third-order valence-electron chi connectivity index (χ3n) is 5.10. The smallest absolute Gasteiger partial charge is 0.262 e. The number of fused-ring (bicyclic) bond motifs is 1. The molecule has 0 spiro atoms. The van der Waals surface area contributed by atoms with Gasteiger partial charge in [-0.15, -0.1) is 0 Å². The van der Waals surface area contributed by atoms with Crippen LogP contribution in [0, 0.1) is 0 Å². The van der Waals surface area contributed by atoms with Gasteiger partial charge in [0.15, 0.2) is 6.61 Å². The lowest BCUT2D eigenvalue weighted by Crippen LogP contribution is -2.34. The quantitative estimate of drug-likeness (QED) is 0.586. The van der Waals surface area contributed by atoms with Crippen LogP contribution in [0.3, 0.4) is 0 Å². The van der Waals surface area contributed by atoms with Crippen molar-refractivity contribution >= 4 is 40.1 Å². The number of carbonyl (C=O) groups is 2. The third-order valence-corrected chi connectivity index (χ3v) is 5.41. The molecule has 0 radical (unpaired) electrons. The molecule has 2 aromatic carbocycles. The summed E-state index contributed by atoms with van der Waals surface area (Å²) in [5.74, 6) is 0.747. The highest BCUT2D eigenvalue weighted by atomic mass is 35.5. The van der Waals surface area contributed by atoms with Crippen molar-refractivity contribution in [2.45, 2.75) is 25.5 Å². The standard InChI is InChI=1S/C22H23ClN4O4/c1-27-17-9-8-14(25-21(28)13-31-18-6-3-2-5-15(18)23)11-16(17)26-20(27)12-24-22(29)19-7-4-10-30-19/h2-3,5-6,8-9,11,19H,4,7,10,12-13H2,1H3,(H,24,29)(H,25,28). The van der Waals surface area contributed by atoms with Crippen LogP contribution < -0.4 is 15.4 Å². The van der Waals surface area contributed by atoms with Gasteiger partial charge in [-0.2, -0.15) is 0 Å². The number of hydrogen-bond donors (Lipinski definition) is 2. The van der Waals surface area contributed by atoms with Crippen molar-refractivity contribution in [3.8, 4) is 5.75 Å². The number of amides is 2. The van der Waals surface area contributed by atoms with Gasteiger partial charge in [0.1, 0.15) is 17.7 Å². The Morgan fingerprint density at radius 2 is 2.13 bits per heavy atom. The van der Waals surface area contributed by atoms with E-state index in [1.54, 1.807) is 36.4 Å². The molecule has 31 heavy (non-hydrogen) atoms. The van der Waals surface area contributed by atoms with Gasteiger partial charge in [0, 0.05) is 19.3 Å². The van der Waals surface area contributed by atoms with E-state index in [9.17, 15) is 9.59 Å². The maximum absolute atomic E-state index is 12.2. The van der Waals surface area contributed by atoms with Crippen LogP contribution in [0.5, 0.6) is 5.75 Å². The van der Waals surface area contributed by atoms with Gasteiger partial charge in [-0.1, -0.05) is 23.7 Å². The zero-order valence-corrected chi connectivity index (χ0v) is 17.8. The molecule has 4 rings (SSSR count). The largest absolute Gasteiger partial charge is 0.482 e. The SMILES string of the molecule is Cn1c(CNC(=O)C2CCCO2)nc2cc(NC(=O)COc3ccccc3Cl)ccc21. The number of nitrogens with zero attached hydrogens (tertiary/aromatic N) is 2. The van der Waals surface area contributed by atoms with Crippen molar-refractivity contribution in [1.29, 1.82) is 0 Å². The zero-order chi connectivity index (χ0) is 21.8. The molecule has 9 heteroatoms. The molecular weight excluding hydrogens is 420 g/mol. The molecule has 1 fully saturated rings. The van der Waals surface area contributed by atoms with Crippen LogP contribution >= 0.6 is 11.6 Å². The van der Waals surface area contributed by atoms with Crippen molar-refractivity contribution in [2.24, 2.45) is 7.05 Å². The molecule has 0 aliphatic carbocycles. The molecule has 2 N–H and O–H groups in total. The number of imidazole rings is 1. The van der Waals surface area contributed by atoms with Crippen LogP contribution in [0.1, 0.15) is 18.7 Å². The Balaban J connectivity index is 1.37. The van der Waals surface area contributed by atoms with Crippen LogP contribution in [0.4, 0.5) is 5.69 Å². The Labute approximate surface area is 184 Å². The van der Waals surface area contributed by atoms with E-state index in [2.05, 4.69) is 15.6 Å². The first kappa shape index (κ1) is 21.1. The highest BCUT2D eigenvalue weighted by Gasteiger charge is 2.23. The summed E-state index contributed by atoms with van der Waals surface area (Å²) in [6.07, 6.45) is 1.28. The summed E-state index contributed by atoms with van der Waals surface area (Å²) in [5, 5.41) is 6.13. The first-order valence-electron chi connectivity index (χ1n) is 10.0. The molecule has 2 amide bonds. The van der Waals surface area contributed by atoms with Gasteiger partial charge in [0.25, 0.3) is 5.91 Å². The predicted molar refractivity (Wildman–Crippen MR) is 117 cm³/mol. The summed E-state index contributed by atoms with van der Waals surface area (Å²) in [6, 6.07) is 12.4. The monoisotopic (exact) mass is 442 g/mol. The van der Waals surface area contributed by atoms with E-state index >= 15 is 0 Å². The van der Waals surface area contributed by atoms with E-state index in [4.69, 9.17) is 21.1 Å². The Morgan fingerprint density at radius 1 is 1.29 bits per heavy atom. The first-order valence-corrected chi connectivity index (χ1v) is 10.4. The molecule has 0 saturated carbocycles. The molecular formula is C22H23ClN4O4. The maximum atomic E-state index is 12.2. The lowest BCUT2D eigenvalue weighted by atomic mass is 10.2. The number of hydrogen-bond acceptors (Lipinski definition) is 5. The van der Waals surface area contributed by atoms with Crippen molar-refractivity contribution in [3.63, 3.8) is 0 Å². The fourth-order valence-electron chi connectivity index (χ4n) is 3.45. The van der Waals surface area contributed by atoms with E-state index in [1.807, 2.05) is 17.7 Å². The number of anilines is 1. The lowest BCUT2D eigenvalue weighted by Gasteiger charge is -2.10. The number of carbonyl (C=O) groups excluding carboxylic acids is 2. The Morgan fingerprint density at radius 3 is 2.90 bits per heavy atom. The minimum absolute atomic E-state index is 0.115. The van der Waals surface area contributed by atoms with Crippen LogP contribution in [0.15, 0.2) is 42.5 Å². The van der Waals surface area contributed by atoms with Crippen LogP contribution in [-0.2, 0) is 27.9 Å². The van der Waals surface area contributed by atoms with E-state index < -0.39 is 0 Å². The van der Waals surface area contributed by atoms with E-state index in [0.29, 0.717) is 41.0 Å². The minimum Gasteiger partial charge on any atom is -0.482 e. The molecule has 162 valence electrons. The maximum Gasteiger partial charge on any atom is 0.262 e. The van der Waals surface area contributed by atoms with Gasteiger partial charge >= 0.3 is 0 Å². The summed E-state index contributed by atoms with van der Waals surface area (Å²) in [4.78, 5) is 29.0. The molecule has 1 unspecified atom stereocenters. The van der Waals surface area contributed by atoms with Gasteiger partial charge in [-0.3, -0.25) is 9.59 Å². The van der Waals surface area contributed by atoms with E-state index in [1.165, 1.54) is 0 Å². The molecule has 1 aromatic heterocycles. The average molecular weight is 443 g/mol. The lowest BCUT2D eigenvalue weighted by molar-refractivity contribution is -0.130. The van der Waals surface area contributed by atoms with E-state index in [0.717, 1.165) is 18.4 Å². The van der Waals surface area contributed by atoms with Crippen molar-refractivity contribution in [1.82, 2.24) is 14.9 Å². The molecule has 0 bridgehead atoms. The second-order valence-corrected chi connectivity index (χ2v) is 7.68. The highest BCUT2D eigenvalue weighted by molar-refractivity contribution is 6.32. The summed E-state index contributed by atoms with van der Waals surface area (Å²) in [6.45, 7) is 0.768. The normalized spacial score (nSPS) is 15.7. The van der Waals surface area contributed by atoms with Crippen LogP contribution in [0.2, 0.25) is 5.02 Å². The molecule has 3 aromatic rings. The number of benzene rings is 2. The van der Waals surface area contributed by atoms with Gasteiger partial charge in [0.05, 0.1) is 22.6 Å². The minimum atomic E-state index is -0.371. The van der Waals surface area contributed by atoms with Gasteiger partial charge in [-0.25, -0.2) is 4.98 Å². The second kappa shape index (κ2) is 9.36. The number of para-hydroxylation sites is 1. The number of aryl methyl sites for hydroxylation is 1. The number of rotatable bonds is 7. The Hall–Kier alpha value is -3.10. The van der Waals surface area contributed by atoms with Gasteiger partial charge in [-0.05, 0) is 43.2 Å². The number of halogens is 1. The fourth-order valence-corrected chi connectivity index (χ4v) is 3.64. The second-order valence-electron chi connectivity index (χ2n) is 7.28. The van der Waals surface area contributed by atoms with E-state index in [-0.39, 0.29) is 24.5 Å². The van der Waals surface area contributed by atoms with Gasteiger partial charge < -0.3 is 24.7 Å². The van der Waals surface area contributed by atoms with Crippen LogP contribution in [-0.4, -0.2) is 40.7 Å². The summed E-state index contributed by atoms with van der Waals surface area (Å²) in [5.41, 5.74) is 2.22. The summed E-state index contributed by atoms with van der Waals surface area (Å²) in [7, 11) is 1.89. The molecule has 1 aliphatic rings. The average Bonchev–Trinajstić information content (AvgIpc) is 3.40. The predicted octanol–water partition coefficient (Wildman–Crippen LogP) is 3.04. The zero-order valence-electron chi connectivity index (χ0n) is 17.1. The number of aromatic nitrogens is 2. The van der Waals surface area contributed by atoms with Gasteiger partial charge in [0.2, 0.25) is 5.91 Å². The van der Waals surface area contributed by atoms with Crippen molar-refractivity contribution in [3.05, 3.63) is 53.3 Å². The topological polar surface area (TPSA) is 94.5 Å². The fraction of sp³-hybridized carbons (Fsp3) is 0.318. The van der Waals surface area contributed by atoms with Crippen molar-refractivity contribution < 1.29 is 19.1 Å². The summed E-state index contributed by atoms with van der Waals surface area (Å²) >= 11 is 6.03.